The van der Waals surface area contributed by atoms with Gasteiger partial charge in [0.05, 0.1) is 12.3 Å². The van der Waals surface area contributed by atoms with E-state index in [1.165, 1.54) is 30.3 Å². The van der Waals surface area contributed by atoms with Gasteiger partial charge in [-0.2, -0.15) is 8.42 Å². The Labute approximate surface area is 221 Å². The number of nitrogens with one attached hydrogen (secondary N) is 2. The summed E-state index contributed by atoms with van der Waals surface area (Å²) in [4.78, 5) is 25.4. The number of rotatable bonds is 9. The third kappa shape index (κ3) is 6.49. The first-order valence-corrected chi connectivity index (χ1v) is 13.6. The number of esters is 1. The van der Waals surface area contributed by atoms with Gasteiger partial charge in [0.25, 0.3) is 0 Å². The Hall–Kier alpha value is -4.37. The number of carbonyl (C=O) groups is 2. The molecule has 4 rings (SSSR count). The molecule has 0 saturated heterocycles. The van der Waals surface area contributed by atoms with Gasteiger partial charge in [-0.25, -0.2) is 9.59 Å². The van der Waals surface area contributed by atoms with Crippen LogP contribution in [-0.2, 0) is 14.9 Å². The van der Waals surface area contributed by atoms with E-state index in [1.54, 1.807) is 18.2 Å². The number of carbonyl (C=O) groups excluding carboxylic acids is 2. The number of anilines is 2. The molecule has 0 atom stereocenters. The van der Waals surface area contributed by atoms with Gasteiger partial charge in [0.2, 0.25) is 0 Å². The number of benzene rings is 4. The Morgan fingerprint density at radius 2 is 1.61 bits per heavy atom. The average Bonchev–Trinajstić information content (AvgIpc) is 2.89. The molecule has 0 fully saturated rings. The van der Waals surface area contributed by atoms with Crippen LogP contribution in [0.3, 0.4) is 0 Å². The minimum absolute atomic E-state index is 0.0690. The normalized spacial score (nSPS) is 11.1. The van der Waals surface area contributed by atoms with Crippen LogP contribution in [0, 0.1) is 6.92 Å². The molecule has 0 spiro atoms. The summed E-state index contributed by atoms with van der Waals surface area (Å²) in [6.45, 7) is 3.98. The zero-order chi connectivity index (χ0) is 27.1. The molecule has 0 aliphatic heterocycles. The first-order chi connectivity index (χ1) is 18.3. The fraction of sp³-hybridized carbons (Fsp3) is 0.172. The summed E-state index contributed by atoms with van der Waals surface area (Å²) in [5.41, 5.74) is 1.64. The topological polar surface area (TPSA) is 111 Å². The monoisotopic (exact) mass is 532 g/mol. The molecule has 0 saturated carbocycles. The van der Waals surface area contributed by atoms with Crippen LogP contribution < -0.4 is 14.8 Å². The van der Waals surface area contributed by atoms with Crippen LogP contribution >= 0.6 is 0 Å². The van der Waals surface area contributed by atoms with Crippen molar-refractivity contribution in [3.63, 3.8) is 0 Å². The Morgan fingerprint density at radius 1 is 0.868 bits per heavy atom. The summed E-state index contributed by atoms with van der Waals surface area (Å²) >= 11 is 0. The maximum Gasteiger partial charge on any atom is 0.341 e. The lowest BCUT2D eigenvalue weighted by atomic mass is 10.1. The first kappa shape index (κ1) is 26.7. The van der Waals surface area contributed by atoms with Crippen LogP contribution in [0.1, 0.15) is 35.7 Å². The molecular weight excluding hydrogens is 504 g/mol. The second kappa shape index (κ2) is 11.8. The minimum atomic E-state index is -4.27. The van der Waals surface area contributed by atoms with Crippen molar-refractivity contribution in [3.05, 3.63) is 96.1 Å². The van der Waals surface area contributed by atoms with Crippen LogP contribution in [-0.4, -0.2) is 27.0 Å². The van der Waals surface area contributed by atoms with Gasteiger partial charge in [0, 0.05) is 17.1 Å². The van der Waals surface area contributed by atoms with Gasteiger partial charge in [-0.1, -0.05) is 67.4 Å². The highest BCUT2D eigenvalue weighted by Crippen LogP contribution is 2.29. The Balaban J connectivity index is 1.60. The number of hydrogen-bond donors (Lipinski definition) is 2. The summed E-state index contributed by atoms with van der Waals surface area (Å²) in [7, 11) is -4.27. The standard InChI is InChI=1S/C29H28N2O6S/c1-3-4-18-36-28(32)25-17-14-22(19-27(25)37-38(34,35)23-15-12-20(2)13-16-23)30-29(33)31-26-11-7-9-21-8-5-6-10-24(21)26/h5-17,19H,3-4,18H2,1-2H3,(H2,30,31,33). The fourth-order valence-corrected chi connectivity index (χ4v) is 4.65. The maximum absolute atomic E-state index is 13.0. The number of amides is 2. The number of fused-ring (bicyclic) bond motifs is 1. The van der Waals surface area contributed by atoms with Crippen LogP contribution in [0.25, 0.3) is 10.8 Å². The van der Waals surface area contributed by atoms with Crippen LogP contribution in [0.2, 0.25) is 0 Å². The SMILES string of the molecule is CCCCOC(=O)c1ccc(NC(=O)Nc2cccc3ccccc23)cc1OS(=O)(=O)c1ccc(C)cc1. The molecule has 0 heterocycles. The predicted molar refractivity (Wildman–Crippen MR) is 147 cm³/mol. The van der Waals surface area contributed by atoms with E-state index in [9.17, 15) is 18.0 Å². The number of unbranched alkanes of at least 4 members (excludes halogenated alkanes) is 1. The molecule has 0 aromatic heterocycles. The third-order valence-corrected chi connectivity index (χ3v) is 6.99. The molecule has 4 aromatic carbocycles. The van der Waals surface area contributed by atoms with E-state index in [2.05, 4.69) is 10.6 Å². The molecule has 4 aromatic rings. The van der Waals surface area contributed by atoms with Crippen molar-refractivity contribution in [1.82, 2.24) is 0 Å². The molecule has 0 bridgehead atoms. The Morgan fingerprint density at radius 3 is 2.37 bits per heavy atom. The molecule has 38 heavy (non-hydrogen) atoms. The van der Waals surface area contributed by atoms with Gasteiger partial charge in [-0.15, -0.1) is 0 Å². The van der Waals surface area contributed by atoms with Crippen molar-refractivity contribution >= 4 is 44.3 Å². The third-order valence-electron chi connectivity index (χ3n) is 5.74. The fourth-order valence-electron chi connectivity index (χ4n) is 3.71. The van der Waals surface area contributed by atoms with Crippen LogP contribution in [0.4, 0.5) is 16.2 Å². The molecule has 196 valence electrons. The molecule has 0 unspecified atom stereocenters. The van der Waals surface area contributed by atoms with E-state index >= 15 is 0 Å². The van der Waals surface area contributed by atoms with Crippen molar-refractivity contribution in [1.29, 1.82) is 0 Å². The van der Waals surface area contributed by atoms with Gasteiger partial charge in [0.15, 0.2) is 5.75 Å². The van der Waals surface area contributed by atoms with Crippen molar-refractivity contribution in [3.8, 4) is 5.75 Å². The molecule has 2 amide bonds. The highest BCUT2D eigenvalue weighted by Gasteiger charge is 2.23. The number of hydrogen-bond acceptors (Lipinski definition) is 6. The summed E-state index contributed by atoms with van der Waals surface area (Å²) < 4.78 is 36.6. The second-order valence-corrected chi connectivity index (χ2v) is 10.2. The maximum atomic E-state index is 13.0. The number of aryl methyl sites for hydroxylation is 1. The van der Waals surface area contributed by atoms with E-state index in [4.69, 9.17) is 8.92 Å². The van der Waals surface area contributed by atoms with Gasteiger partial charge in [-0.05, 0) is 49.1 Å². The molecule has 8 nitrogen and oxygen atoms in total. The molecule has 9 heteroatoms. The van der Waals surface area contributed by atoms with Crippen molar-refractivity contribution in [2.75, 3.05) is 17.2 Å². The number of urea groups is 1. The molecule has 0 aliphatic carbocycles. The molecular formula is C29H28N2O6S. The summed E-state index contributed by atoms with van der Waals surface area (Å²) in [5, 5.41) is 7.30. The second-order valence-electron chi connectivity index (χ2n) is 8.66. The zero-order valence-electron chi connectivity index (χ0n) is 21.1. The highest BCUT2D eigenvalue weighted by atomic mass is 32.2. The van der Waals surface area contributed by atoms with Crippen molar-refractivity contribution < 1.29 is 26.9 Å². The van der Waals surface area contributed by atoms with Crippen LogP contribution in [0.5, 0.6) is 5.75 Å². The van der Waals surface area contributed by atoms with Gasteiger partial charge in [-0.3, -0.25) is 0 Å². The van der Waals surface area contributed by atoms with Crippen molar-refractivity contribution in [2.24, 2.45) is 0 Å². The predicted octanol–water partition coefficient (Wildman–Crippen LogP) is 6.52. The largest absolute Gasteiger partial charge is 0.462 e. The lowest BCUT2D eigenvalue weighted by Crippen LogP contribution is -2.20. The minimum Gasteiger partial charge on any atom is -0.462 e. The Kier molecular flexibility index (Phi) is 8.28. The van der Waals surface area contributed by atoms with E-state index in [0.717, 1.165) is 22.8 Å². The summed E-state index contributed by atoms with van der Waals surface area (Å²) in [6.07, 6.45) is 1.49. The lowest BCUT2D eigenvalue weighted by Gasteiger charge is -2.14. The summed E-state index contributed by atoms with van der Waals surface area (Å²) in [5.74, 6) is -0.977. The first-order valence-electron chi connectivity index (χ1n) is 12.1. The van der Waals surface area contributed by atoms with E-state index < -0.39 is 22.1 Å². The number of ether oxygens (including phenoxy) is 1. The smallest absolute Gasteiger partial charge is 0.341 e. The lowest BCUT2D eigenvalue weighted by molar-refractivity contribution is 0.0498. The molecule has 2 N–H and O–H groups in total. The van der Waals surface area contributed by atoms with E-state index in [0.29, 0.717) is 12.1 Å². The molecule has 0 aliphatic rings. The van der Waals surface area contributed by atoms with E-state index in [1.807, 2.05) is 50.2 Å². The average molecular weight is 533 g/mol. The highest BCUT2D eigenvalue weighted by molar-refractivity contribution is 7.87. The van der Waals surface area contributed by atoms with Gasteiger partial charge in [0.1, 0.15) is 10.5 Å². The summed E-state index contributed by atoms with van der Waals surface area (Å²) in [6, 6.07) is 22.9. The van der Waals surface area contributed by atoms with Crippen LogP contribution in [0.15, 0.2) is 89.8 Å². The zero-order valence-corrected chi connectivity index (χ0v) is 21.9. The Bertz CT molecular complexity index is 1560. The van der Waals surface area contributed by atoms with Gasteiger partial charge < -0.3 is 19.6 Å². The van der Waals surface area contributed by atoms with E-state index in [-0.39, 0.29) is 28.5 Å². The van der Waals surface area contributed by atoms with Crippen molar-refractivity contribution in [2.45, 2.75) is 31.6 Å². The molecule has 0 radical (unpaired) electrons. The van der Waals surface area contributed by atoms with Gasteiger partial charge >= 0.3 is 22.1 Å². The quantitative estimate of drug-likeness (QED) is 0.144.